The second-order valence-electron chi connectivity index (χ2n) is 7.20. The molecule has 1 aromatic heterocycles. The minimum absolute atomic E-state index is 0.0796. The third kappa shape index (κ3) is 4.07. The fraction of sp³-hybridized carbons (Fsp3) is 0.273. The number of anilines is 1. The average Bonchev–Trinajstić information content (AvgIpc) is 3.44. The maximum absolute atomic E-state index is 13.3. The molecule has 8 heteroatoms. The van der Waals surface area contributed by atoms with Crippen LogP contribution in [0.5, 0.6) is 0 Å². The van der Waals surface area contributed by atoms with Gasteiger partial charge in [-0.05, 0) is 42.7 Å². The van der Waals surface area contributed by atoms with Crippen molar-refractivity contribution in [2.24, 2.45) is 0 Å². The number of amides is 1. The molecule has 0 atom stereocenters. The first-order chi connectivity index (χ1) is 14.6. The second-order valence-corrected chi connectivity index (χ2v) is 7.20. The molecule has 0 aliphatic heterocycles. The van der Waals surface area contributed by atoms with Crippen LogP contribution >= 0.6 is 0 Å². The van der Waals surface area contributed by atoms with Crippen LogP contribution in [0.1, 0.15) is 31.2 Å². The number of ether oxygens (including phenoxy) is 1. The van der Waals surface area contributed by atoms with Crippen molar-refractivity contribution < 1.29 is 23.1 Å². The first kappa shape index (κ1) is 19.8. The Labute approximate surface area is 172 Å². The van der Waals surface area contributed by atoms with Gasteiger partial charge in [-0.3, -0.25) is 14.9 Å². The lowest BCUT2D eigenvalue weighted by Crippen LogP contribution is -2.36. The zero-order valence-corrected chi connectivity index (χ0v) is 16.1. The summed E-state index contributed by atoms with van der Waals surface area (Å²) in [5.74, 6) is -1.17. The van der Waals surface area contributed by atoms with Crippen molar-refractivity contribution >= 4 is 17.9 Å². The van der Waals surface area contributed by atoms with Crippen LogP contribution in [0.25, 0.3) is 11.5 Å². The van der Waals surface area contributed by atoms with E-state index in [1.807, 2.05) is 18.2 Å². The highest BCUT2D eigenvalue weighted by atomic mass is 19.1. The van der Waals surface area contributed by atoms with E-state index in [0.29, 0.717) is 18.4 Å². The lowest BCUT2D eigenvalue weighted by atomic mass is 9.79. The minimum atomic E-state index is -0.848. The molecule has 1 aliphatic carbocycles. The summed E-state index contributed by atoms with van der Waals surface area (Å²) in [6.45, 7) is -0.481. The Hall–Kier alpha value is -3.55. The van der Waals surface area contributed by atoms with E-state index in [4.69, 9.17) is 9.15 Å². The van der Waals surface area contributed by atoms with E-state index in [9.17, 15) is 14.0 Å². The molecule has 2 aromatic carbocycles. The van der Waals surface area contributed by atoms with Crippen LogP contribution < -0.4 is 5.32 Å². The average molecular weight is 409 g/mol. The number of hydrogen-bond acceptors (Lipinski definition) is 6. The molecule has 1 amide bonds. The Kier molecular flexibility index (Phi) is 5.56. The number of benzene rings is 2. The largest absolute Gasteiger partial charge is 0.455 e. The second kappa shape index (κ2) is 8.44. The fourth-order valence-electron chi connectivity index (χ4n) is 3.75. The van der Waals surface area contributed by atoms with Gasteiger partial charge in [0.1, 0.15) is 5.82 Å². The van der Waals surface area contributed by atoms with Gasteiger partial charge in [0, 0.05) is 5.56 Å². The number of aromatic nitrogens is 2. The Bertz CT molecular complexity index is 1030. The molecular formula is C22H20FN3O4. The number of hydrogen-bond donors (Lipinski definition) is 1. The monoisotopic (exact) mass is 409 g/mol. The van der Waals surface area contributed by atoms with Gasteiger partial charge in [-0.1, -0.05) is 48.3 Å². The predicted octanol–water partition coefficient (Wildman–Crippen LogP) is 3.87. The smallest absolute Gasteiger partial charge is 0.322 e. The van der Waals surface area contributed by atoms with Gasteiger partial charge < -0.3 is 9.15 Å². The molecule has 3 aromatic rings. The molecule has 1 N–H and O–H groups in total. The highest BCUT2D eigenvalue weighted by Gasteiger charge is 2.44. The van der Waals surface area contributed by atoms with Crippen molar-refractivity contribution in [1.82, 2.24) is 10.2 Å². The van der Waals surface area contributed by atoms with Crippen LogP contribution in [0.4, 0.5) is 10.4 Å². The molecule has 7 nitrogen and oxygen atoms in total. The van der Waals surface area contributed by atoms with Gasteiger partial charge in [0.2, 0.25) is 5.89 Å². The number of esters is 1. The minimum Gasteiger partial charge on any atom is -0.455 e. The molecular weight excluding hydrogens is 389 g/mol. The molecule has 0 spiro atoms. The van der Waals surface area contributed by atoms with Crippen molar-refractivity contribution in [2.45, 2.75) is 31.1 Å². The van der Waals surface area contributed by atoms with Crippen molar-refractivity contribution in [2.75, 3.05) is 11.9 Å². The van der Waals surface area contributed by atoms with Gasteiger partial charge in [0.15, 0.2) is 6.61 Å². The maximum atomic E-state index is 13.3. The SMILES string of the molecule is O=C(COC(=O)C1(c2ccc(F)cc2)CCCC1)Nc1nnc(-c2ccccc2)o1. The molecule has 0 radical (unpaired) electrons. The molecule has 154 valence electrons. The van der Waals surface area contributed by atoms with Crippen molar-refractivity contribution in [3.8, 4) is 11.5 Å². The number of carbonyl (C=O) groups is 2. The molecule has 0 saturated heterocycles. The molecule has 0 unspecified atom stereocenters. The summed E-state index contributed by atoms with van der Waals surface area (Å²) in [4.78, 5) is 25.0. The first-order valence-electron chi connectivity index (χ1n) is 9.69. The Morgan fingerprint density at radius 2 is 1.73 bits per heavy atom. The van der Waals surface area contributed by atoms with Crippen molar-refractivity contribution in [3.63, 3.8) is 0 Å². The predicted molar refractivity (Wildman–Crippen MR) is 106 cm³/mol. The first-order valence-corrected chi connectivity index (χ1v) is 9.69. The number of halogens is 1. The quantitative estimate of drug-likeness (QED) is 0.621. The van der Waals surface area contributed by atoms with E-state index < -0.39 is 23.9 Å². The van der Waals surface area contributed by atoms with E-state index in [1.165, 1.54) is 12.1 Å². The summed E-state index contributed by atoms with van der Waals surface area (Å²) in [5.41, 5.74) is 0.578. The normalized spacial score (nSPS) is 15.0. The van der Waals surface area contributed by atoms with Gasteiger partial charge >= 0.3 is 12.0 Å². The molecule has 1 heterocycles. The Morgan fingerprint density at radius 1 is 1.03 bits per heavy atom. The van der Waals surface area contributed by atoms with E-state index in [1.54, 1.807) is 24.3 Å². The zero-order valence-electron chi connectivity index (χ0n) is 16.1. The van der Waals surface area contributed by atoms with Gasteiger partial charge in [-0.2, -0.15) is 0 Å². The third-order valence-corrected chi connectivity index (χ3v) is 5.27. The van der Waals surface area contributed by atoms with Crippen molar-refractivity contribution in [1.29, 1.82) is 0 Å². The van der Waals surface area contributed by atoms with Crippen LogP contribution in [-0.4, -0.2) is 28.7 Å². The lowest BCUT2D eigenvalue weighted by molar-refractivity contribution is -0.153. The van der Waals surface area contributed by atoms with Gasteiger partial charge in [0.25, 0.3) is 5.91 Å². The van der Waals surface area contributed by atoms with Crippen LogP contribution in [0.2, 0.25) is 0 Å². The standard InChI is InChI=1S/C22H20FN3O4/c23-17-10-8-16(9-11-17)22(12-4-5-13-22)20(28)29-14-18(27)24-21-26-25-19(30-21)15-6-2-1-3-7-15/h1-3,6-11H,4-5,12-14H2,(H,24,26,27). The van der Waals surface area contributed by atoms with E-state index in [2.05, 4.69) is 15.5 Å². The topological polar surface area (TPSA) is 94.3 Å². The van der Waals surface area contributed by atoms with Crippen LogP contribution in [0.15, 0.2) is 59.0 Å². The molecule has 30 heavy (non-hydrogen) atoms. The number of nitrogens with zero attached hydrogens (tertiary/aromatic N) is 2. The molecule has 4 rings (SSSR count). The lowest BCUT2D eigenvalue weighted by Gasteiger charge is -2.27. The summed E-state index contributed by atoms with van der Waals surface area (Å²) >= 11 is 0. The third-order valence-electron chi connectivity index (χ3n) is 5.27. The fourth-order valence-corrected chi connectivity index (χ4v) is 3.75. The Balaban J connectivity index is 1.38. The number of nitrogens with one attached hydrogen (secondary N) is 1. The van der Waals surface area contributed by atoms with Gasteiger partial charge in [-0.15, -0.1) is 5.10 Å². The van der Waals surface area contributed by atoms with Crippen molar-refractivity contribution in [3.05, 3.63) is 66.0 Å². The summed E-state index contributed by atoms with van der Waals surface area (Å²) < 4.78 is 24.0. The molecule has 1 saturated carbocycles. The molecule has 1 fully saturated rings. The highest BCUT2D eigenvalue weighted by molar-refractivity contribution is 5.92. The molecule has 1 aliphatic rings. The van der Waals surface area contributed by atoms with E-state index >= 15 is 0 Å². The number of carbonyl (C=O) groups excluding carboxylic acids is 2. The Morgan fingerprint density at radius 3 is 2.43 bits per heavy atom. The van der Waals surface area contributed by atoms with Crippen LogP contribution in [0, 0.1) is 5.82 Å². The maximum Gasteiger partial charge on any atom is 0.322 e. The highest BCUT2D eigenvalue weighted by Crippen LogP contribution is 2.42. The van der Waals surface area contributed by atoms with Crippen LogP contribution in [0.3, 0.4) is 0 Å². The summed E-state index contributed by atoms with van der Waals surface area (Å²) in [5, 5.41) is 10.1. The summed E-state index contributed by atoms with van der Waals surface area (Å²) in [7, 11) is 0. The number of rotatable bonds is 6. The van der Waals surface area contributed by atoms with E-state index in [-0.39, 0.29) is 17.7 Å². The summed E-state index contributed by atoms with van der Waals surface area (Å²) in [6.07, 6.45) is 2.93. The van der Waals surface area contributed by atoms with E-state index in [0.717, 1.165) is 18.4 Å². The molecule has 0 bridgehead atoms. The zero-order chi connectivity index (χ0) is 21.0. The van der Waals surface area contributed by atoms with Crippen LogP contribution in [-0.2, 0) is 19.7 Å². The van der Waals surface area contributed by atoms with Gasteiger partial charge in [0.05, 0.1) is 5.41 Å². The summed E-state index contributed by atoms with van der Waals surface area (Å²) in [6, 6.07) is 14.9. The van der Waals surface area contributed by atoms with Gasteiger partial charge in [-0.25, -0.2) is 4.39 Å².